The first-order valence-corrected chi connectivity index (χ1v) is 6.50. The number of nitrogens with one attached hydrogen (secondary N) is 1. The number of aryl methyl sites for hydroxylation is 1. The lowest BCUT2D eigenvalue weighted by Gasteiger charge is -2.14. The van der Waals surface area contributed by atoms with Crippen LogP contribution in [-0.2, 0) is 0 Å². The molecular weight excluding hydrogens is 251 g/mol. The maximum Gasteiger partial charge on any atom is 0.165 e. The van der Waals surface area contributed by atoms with Crippen LogP contribution in [0.4, 0.5) is 10.1 Å². The zero-order valence-corrected chi connectivity index (χ0v) is 11.3. The van der Waals surface area contributed by atoms with Crippen LogP contribution in [0, 0.1) is 12.7 Å². The van der Waals surface area contributed by atoms with Crippen molar-refractivity contribution in [3.05, 3.63) is 40.1 Å². The van der Waals surface area contributed by atoms with Crippen molar-refractivity contribution >= 4 is 17.0 Å². The van der Waals surface area contributed by atoms with E-state index in [4.69, 9.17) is 4.74 Å². The quantitative estimate of drug-likeness (QED) is 0.914. The van der Waals surface area contributed by atoms with Crippen LogP contribution in [0.3, 0.4) is 0 Å². The first-order chi connectivity index (χ1) is 8.60. The van der Waals surface area contributed by atoms with E-state index >= 15 is 0 Å². The summed E-state index contributed by atoms with van der Waals surface area (Å²) < 4.78 is 18.2. The van der Waals surface area contributed by atoms with Crippen LogP contribution in [0.2, 0.25) is 0 Å². The molecule has 0 bridgehead atoms. The van der Waals surface area contributed by atoms with Crippen molar-refractivity contribution in [2.45, 2.75) is 19.9 Å². The summed E-state index contributed by atoms with van der Waals surface area (Å²) in [6.07, 6.45) is 0. The summed E-state index contributed by atoms with van der Waals surface area (Å²) in [5.41, 5.74) is 1.80. The first-order valence-electron chi connectivity index (χ1n) is 5.62. The van der Waals surface area contributed by atoms with Gasteiger partial charge < -0.3 is 10.1 Å². The molecule has 1 N–H and O–H groups in total. The summed E-state index contributed by atoms with van der Waals surface area (Å²) in [5.74, 6) is -0.123. The van der Waals surface area contributed by atoms with Crippen molar-refractivity contribution in [2.24, 2.45) is 0 Å². The summed E-state index contributed by atoms with van der Waals surface area (Å²) >= 11 is 1.62. The van der Waals surface area contributed by atoms with Crippen molar-refractivity contribution in [1.29, 1.82) is 0 Å². The fraction of sp³-hybridized carbons (Fsp3) is 0.308. The second-order valence-corrected chi connectivity index (χ2v) is 5.07. The van der Waals surface area contributed by atoms with Crippen LogP contribution in [-0.4, -0.2) is 12.1 Å². The highest BCUT2D eigenvalue weighted by atomic mass is 32.1. The molecule has 1 atom stereocenters. The highest BCUT2D eigenvalue weighted by Gasteiger charge is 2.10. The molecule has 2 rings (SSSR count). The van der Waals surface area contributed by atoms with Gasteiger partial charge in [0.15, 0.2) is 11.6 Å². The van der Waals surface area contributed by atoms with E-state index in [9.17, 15) is 4.39 Å². The van der Waals surface area contributed by atoms with Gasteiger partial charge in [-0.3, -0.25) is 0 Å². The van der Waals surface area contributed by atoms with E-state index in [1.807, 2.05) is 19.2 Å². The topological polar surface area (TPSA) is 34.1 Å². The maximum atomic E-state index is 13.3. The fourth-order valence-electron chi connectivity index (χ4n) is 1.65. The number of nitrogens with zero attached hydrogens (tertiary/aromatic N) is 1. The zero-order chi connectivity index (χ0) is 13.1. The normalized spacial score (nSPS) is 12.2. The summed E-state index contributed by atoms with van der Waals surface area (Å²) in [4.78, 5) is 4.42. The Kier molecular flexibility index (Phi) is 3.81. The second kappa shape index (κ2) is 5.35. The minimum Gasteiger partial charge on any atom is -0.494 e. The Bertz CT molecular complexity index is 542. The molecule has 0 aliphatic heterocycles. The molecule has 1 unspecified atom stereocenters. The van der Waals surface area contributed by atoms with Gasteiger partial charge in [0.05, 0.1) is 23.9 Å². The minimum atomic E-state index is -0.361. The van der Waals surface area contributed by atoms with E-state index in [0.29, 0.717) is 0 Å². The Labute approximate surface area is 110 Å². The van der Waals surface area contributed by atoms with Gasteiger partial charge in [0.2, 0.25) is 0 Å². The smallest absolute Gasteiger partial charge is 0.165 e. The van der Waals surface area contributed by atoms with Crippen molar-refractivity contribution in [3.8, 4) is 5.75 Å². The lowest BCUT2D eigenvalue weighted by atomic mass is 10.2. The summed E-state index contributed by atoms with van der Waals surface area (Å²) in [5, 5.41) is 6.33. The molecule has 0 saturated carbocycles. The van der Waals surface area contributed by atoms with Gasteiger partial charge in [-0.25, -0.2) is 9.37 Å². The van der Waals surface area contributed by atoms with Crippen molar-refractivity contribution < 1.29 is 9.13 Å². The van der Waals surface area contributed by atoms with Crippen LogP contribution in [0.1, 0.15) is 23.7 Å². The van der Waals surface area contributed by atoms with Crippen LogP contribution < -0.4 is 10.1 Å². The van der Waals surface area contributed by atoms with E-state index in [-0.39, 0.29) is 17.6 Å². The molecule has 1 aromatic carbocycles. The molecule has 0 radical (unpaired) electrons. The molecule has 2 aromatic rings. The molecule has 0 spiro atoms. The predicted molar refractivity (Wildman–Crippen MR) is 71.8 cm³/mol. The standard InChI is InChI=1S/C13H15FN2OS/c1-8(12-7-18-9(2)16-12)15-10-4-5-11(14)13(6-10)17-3/h4-8,15H,1-3H3. The predicted octanol–water partition coefficient (Wildman–Crippen LogP) is 3.77. The van der Waals surface area contributed by atoms with Crippen LogP contribution in [0.25, 0.3) is 0 Å². The average molecular weight is 266 g/mol. The molecule has 0 aliphatic rings. The molecule has 0 amide bonds. The van der Waals surface area contributed by atoms with Gasteiger partial charge >= 0.3 is 0 Å². The Morgan fingerprint density at radius 3 is 2.83 bits per heavy atom. The number of ether oxygens (including phenoxy) is 1. The molecule has 5 heteroatoms. The van der Waals surface area contributed by atoms with Crippen LogP contribution in [0.5, 0.6) is 5.75 Å². The van der Waals surface area contributed by atoms with Gasteiger partial charge in [0.25, 0.3) is 0 Å². The number of rotatable bonds is 4. The number of anilines is 1. The van der Waals surface area contributed by atoms with Crippen molar-refractivity contribution in [3.63, 3.8) is 0 Å². The number of aromatic nitrogens is 1. The van der Waals surface area contributed by atoms with E-state index in [1.54, 1.807) is 23.5 Å². The Balaban J connectivity index is 2.14. The Morgan fingerprint density at radius 1 is 1.44 bits per heavy atom. The van der Waals surface area contributed by atoms with Gasteiger partial charge in [-0.15, -0.1) is 11.3 Å². The van der Waals surface area contributed by atoms with Gasteiger partial charge in [-0.05, 0) is 26.0 Å². The second-order valence-electron chi connectivity index (χ2n) is 4.01. The van der Waals surface area contributed by atoms with E-state index in [2.05, 4.69) is 10.3 Å². The number of hydrogen-bond acceptors (Lipinski definition) is 4. The van der Waals surface area contributed by atoms with Gasteiger partial charge in [-0.2, -0.15) is 0 Å². The number of hydrogen-bond donors (Lipinski definition) is 1. The monoisotopic (exact) mass is 266 g/mol. The summed E-state index contributed by atoms with van der Waals surface area (Å²) in [6.45, 7) is 3.99. The third-order valence-corrected chi connectivity index (χ3v) is 3.41. The molecule has 3 nitrogen and oxygen atoms in total. The van der Waals surface area contributed by atoms with Gasteiger partial charge in [0.1, 0.15) is 0 Å². The van der Waals surface area contributed by atoms with Crippen molar-refractivity contribution in [1.82, 2.24) is 4.98 Å². The molecule has 0 fully saturated rings. The minimum absolute atomic E-state index is 0.0742. The highest BCUT2D eigenvalue weighted by Crippen LogP contribution is 2.25. The zero-order valence-electron chi connectivity index (χ0n) is 10.5. The molecule has 96 valence electrons. The SMILES string of the molecule is COc1cc(NC(C)c2csc(C)n2)ccc1F. The molecule has 18 heavy (non-hydrogen) atoms. The Hall–Kier alpha value is -1.62. The third kappa shape index (κ3) is 2.79. The first kappa shape index (κ1) is 12.8. The van der Waals surface area contributed by atoms with E-state index < -0.39 is 0 Å². The van der Waals surface area contributed by atoms with E-state index in [0.717, 1.165) is 16.4 Å². The molecule has 0 saturated heterocycles. The average Bonchev–Trinajstić information content (AvgIpc) is 2.78. The lowest BCUT2D eigenvalue weighted by molar-refractivity contribution is 0.387. The number of benzene rings is 1. The van der Waals surface area contributed by atoms with Gasteiger partial charge in [0, 0.05) is 17.1 Å². The van der Waals surface area contributed by atoms with Crippen LogP contribution in [0.15, 0.2) is 23.6 Å². The molecule has 1 heterocycles. The largest absolute Gasteiger partial charge is 0.494 e. The maximum absolute atomic E-state index is 13.3. The van der Waals surface area contributed by atoms with Gasteiger partial charge in [-0.1, -0.05) is 0 Å². The Morgan fingerprint density at radius 2 is 2.22 bits per heavy atom. The fourth-order valence-corrected chi connectivity index (χ4v) is 2.36. The highest BCUT2D eigenvalue weighted by molar-refractivity contribution is 7.09. The molecule has 0 aliphatic carbocycles. The lowest BCUT2D eigenvalue weighted by Crippen LogP contribution is -2.07. The summed E-state index contributed by atoms with van der Waals surface area (Å²) in [7, 11) is 1.45. The van der Waals surface area contributed by atoms with Crippen molar-refractivity contribution in [2.75, 3.05) is 12.4 Å². The number of methoxy groups -OCH3 is 1. The summed E-state index contributed by atoms with van der Waals surface area (Å²) in [6, 6.07) is 4.80. The number of thiazole rings is 1. The molecular formula is C13H15FN2OS. The van der Waals surface area contributed by atoms with E-state index in [1.165, 1.54) is 13.2 Å². The third-order valence-electron chi connectivity index (χ3n) is 2.61. The molecule has 1 aromatic heterocycles. The van der Waals surface area contributed by atoms with Crippen LogP contribution >= 0.6 is 11.3 Å². The number of halogens is 1.